The highest BCUT2D eigenvalue weighted by molar-refractivity contribution is 5.21. The molecule has 0 bridgehead atoms. The first-order valence-electron chi connectivity index (χ1n) is 11.6. The fourth-order valence-electron chi connectivity index (χ4n) is 4.90. The molecule has 2 aliphatic rings. The highest BCUT2D eigenvalue weighted by atomic mass is 19.1. The van der Waals surface area contributed by atoms with Crippen molar-refractivity contribution in [2.24, 2.45) is 5.92 Å². The molecule has 1 aromatic rings. The molecule has 2 fully saturated rings. The molecule has 0 radical (unpaired) electrons. The van der Waals surface area contributed by atoms with Crippen LogP contribution in [0.25, 0.3) is 0 Å². The third-order valence-electron chi connectivity index (χ3n) is 6.64. The Morgan fingerprint density at radius 2 is 1.89 bits per heavy atom. The minimum absolute atomic E-state index is 0.208. The minimum Gasteiger partial charge on any atom is -0.494 e. The monoisotopic (exact) mass is 390 g/mol. The topological polar surface area (TPSA) is 24.5 Å². The van der Waals surface area contributed by atoms with Gasteiger partial charge in [-0.3, -0.25) is 4.90 Å². The van der Waals surface area contributed by atoms with Gasteiger partial charge in [0.1, 0.15) is 11.6 Å². The first kappa shape index (κ1) is 21.6. The van der Waals surface area contributed by atoms with E-state index >= 15 is 0 Å². The summed E-state index contributed by atoms with van der Waals surface area (Å²) in [4.78, 5) is 2.79. The van der Waals surface area contributed by atoms with E-state index in [-0.39, 0.29) is 5.82 Å². The molecule has 0 aromatic heterocycles. The number of benzene rings is 1. The summed E-state index contributed by atoms with van der Waals surface area (Å²) in [5.74, 6) is 1.33. The van der Waals surface area contributed by atoms with E-state index in [1.54, 1.807) is 12.1 Å². The van der Waals surface area contributed by atoms with Crippen LogP contribution in [0.3, 0.4) is 0 Å². The van der Waals surface area contributed by atoms with Crippen LogP contribution in [0.2, 0.25) is 0 Å². The number of unbranched alkanes of at least 4 members (excludes halogenated alkanes) is 2. The van der Waals surface area contributed by atoms with Gasteiger partial charge in [0, 0.05) is 12.1 Å². The van der Waals surface area contributed by atoms with Crippen LogP contribution in [-0.2, 0) is 0 Å². The lowest BCUT2D eigenvalue weighted by Gasteiger charge is -2.43. The van der Waals surface area contributed by atoms with Gasteiger partial charge in [0.25, 0.3) is 0 Å². The van der Waals surface area contributed by atoms with Crippen molar-refractivity contribution in [2.45, 2.75) is 83.2 Å². The molecular formula is C24H39FN2O. The maximum Gasteiger partial charge on any atom is 0.123 e. The zero-order valence-corrected chi connectivity index (χ0v) is 17.7. The maximum absolute atomic E-state index is 13.0. The molecule has 0 amide bonds. The zero-order chi connectivity index (χ0) is 19.6. The molecular weight excluding hydrogens is 351 g/mol. The molecule has 1 aromatic carbocycles. The molecule has 0 spiro atoms. The Hall–Kier alpha value is -1.13. The number of nitrogens with zero attached hydrogens (tertiary/aromatic N) is 1. The van der Waals surface area contributed by atoms with Gasteiger partial charge in [0.2, 0.25) is 0 Å². The Balaban J connectivity index is 1.41. The first-order chi connectivity index (χ1) is 13.8. The van der Waals surface area contributed by atoms with Gasteiger partial charge in [-0.1, -0.05) is 32.6 Å². The SMILES string of the molecule is CCCCCC(C1CCCCN1)N1CCC(CCOc2ccc(F)cc2)CC1. The van der Waals surface area contributed by atoms with Crippen molar-refractivity contribution in [1.29, 1.82) is 0 Å². The Morgan fingerprint density at radius 1 is 1.11 bits per heavy atom. The lowest BCUT2D eigenvalue weighted by molar-refractivity contribution is 0.0841. The molecule has 2 unspecified atom stereocenters. The first-order valence-corrected chi connectivity index (χ1v) is 11.6. The van der Waals surface area contributed by atoms with Gasteiger partial charge in [-0.05, 0) is 88.3 Å². The van der Waals surface area contributed by atoms with E-state index in [1.807, 2.05) is 0 Å². The molecule has 3 rings (SSSR count). The van der Waals surface area contributed by atoms with Crippen LogP contribution >= 0.6 is 0 Å². The van der Waals surface area contributed by atoms with Gasteiger partial charge in [-0.2, -0.15) is 0 Å². The summed E-state index contributed by atoms with van der Waals surface area (Å²) in [7, 11) is 0. The van der Waals surface area contributed by atoms with Gasteiger partial charge >= 0.3 is 0 Å². The molecule has 0 saturated carbocycles. The predicted molar refractivity (Wildman–Crippen MR) is 114 cm³/mol. The normalized spacial score (nSPS) is 22.9. The Bertz CT molecular complexity index is 536. The number of rotatable bonds is 10. The summed E-state index contributed by atoms with van der Waals surface area (Å²) in [5.41, 5.74) is 0. The van der Waals surface area contributed by atoms with Gasteiger partial charge in [-0.25, -0.2) is 4.39 Å². The number of halogens is 1. The highest BCUT2D eigenvalue weighted by Crippen LogP contribution is 2.27. The average Bonchev–Trinajstić information content (AvgIpc) is 2.74. The lowest BCUT2D eigenvalue weighted by Crippen LogP contribution is -2.53. The molecule has 2 saturated heterocycles. The van der Waals surface area contributed by atoms with E-state index in [4.69, 9.17) is 4.74 Å². The van der Waals surface area contributed by atoms with E-state index in [1.165, 1.54) is 89.6 Å². The summed E-state index contributed by atoms with van der Waals surface area (Å²) >= 11 is 0. The third kappa shape index (κ3) is 6.73. The Kier molecular flexibility index (Phi) is 9.07. The second-order valence-corrected chi connectivity index (χ2v) is 8.69. The average molecular weight is 391 g/mol. The van der Waals surface area contributed by atoms with Crippen LogP contribution in [-0.4, -0.2) is 43.2 Å². The smallest absolute Gasteiger partial charge is 0.123 e. The number of piperidine rings is 2. The lowest BCUT2D eigenvalue weighted by atomic mass is 9.88. The van der Waals surface area contributed by atoms with Crippen LogP contribution in [0, 0.1) is 11.7 Å². The Morgan fingerprint density at radius 3 is 2.57 bits per heavy atom. The standard InChI is InChI=1S/C24H39FN2O/c1-2-3-4-8-24(23-7-5-6-16-26-23)27-17-13-20(14-18-27)15-19-28-22-11-9-21(25)10-12-22/h9-12,20,23-24,26H,2-8,13-19H2,1H3. The molecule has 28 heavy (non-hydrogen) atoms. The number of ether oxygens (including phenoxy) is 1. The molecule has 158 valence electrons. The van der Waals surface area contributed by atoms with E-state index < -0.39 is 0 Å². The second kappa shape index (κ2) is 11.8. The van der Waals surface area contributed by atoms with Gasteiger partial charge < -0.3 is 10.1 Å². The van der Waals surface area contributed by atoms with Crippen LogP contribution < -0.4 is 10.1 Å². The van der Waals surface area contributed by atoms with Crippen molar-refractivity contribution in [1.82, 2.24) is 10.2 Å². The summed E-state index contributed by atoms with van der Waals surface area (Å²) in [6.07, 6.45) is 13.1. The second-order valence-electron chi connectivity index (χ2n) is 8.69. The van der Waals surface area contributed by atoms with Gasteiger partial charge in [0.15, 0.2) is 0 Å². The van der Waals surface area contributed by atoms with E-state index in [0.717, 1.165) is 30.7 Å². The third-order valence-corrected chi connectivity index (χ3v) is 6.64. The predicted octanol–water partition coefficient (Wildman–Crippen LogP) is 5.40. The van der Waals surface area contributed by atoms with Gasteiger partial charge in [0.05, 0.1) is 6.61 Å². The fraction of sp³-hybridized carbons (Fsp3) is 0.750. The number of hydrogen-bond acceptors (Lipinski definition) is 3. The Labute approximate surface area is 171 Å². The van der Waals surface area contributed by atoms with Crippen LogP contribution in [0.4, 0.5) is 4.39 Å². The van der Waals surface area contributed by atoms with Crippen molar-refractivity contribution in [3.8, 4) is 5.75 Å². The number of hydrogen-bond donors (Lipinski definition) is 1. The van der Waals surface area contributed by atoms with E-state index in [9.17, 15) is 4.39 Å². The quantitative estimate of drug-likeness (QED) is 0.542. The van der Waals surface area contributed by atoms with Crippen molar-refractivity contribution in [3.63, 3.8) is 0 Å². The van der Waals surface area contributed by atoms with Crippen molar-refractivity contribution in [2.75, 3.05) is 26.2 Å². The van der Waals surface area contributed by atoms with Crippen molar-refractivity contribution < 1.29 is 9.13 Å². The van der Waals surface area contributed by atoms with Crippen LogP contribution in [0.15, 0.2) is 24.3 Å². The van der Waals surface area contributed by atoms with E-state index in [2.05, 4.69) is 17.1 Å². The largest absolute Gasteiger partial charge is 0.494 e. The molecule has 4 heteroatoms. The van der Waals surface area contributed by atoms with Crippen molar-refractivity contribution in [3.05, 3.63) is 30.1 Å². The molecule has 3 nitrogen and oxygen atoms in total. The minimum atomic E-state index is -0.208. The molecule has 2 atom stereocenters. The maximum atomic E-state index is 13.0. The molecule has 2 heterocycles. The summed E-state index contributed by atoms with van der Waals surface area (Å²) < 4.78 is 18.8. The zero-order valence-electron chi connectivity index (χ0n) is 17.7. The van der Waals surface area contributed by atoms with Gasteiger partial charge in [-0.15, -0.1) is 0 Å². The van der Waals surface area contributed by atoms with Crippen LogP contribution in [0.5, 0.6) is 5.75 Å². The van der Waals surface area contributed by atoms with Crippen LogP contribution in [0.1, 0.15) is 71.1 Å². The molecule has 0 aliphatic carbocycles. The highest BCUT2D eigenvalue weighted by Gasteiger charge is 2.30. The summed E-state index contributed by atoms with van der Waals surface area (Å²) in [5, 5.41) is 3.82. The fourth-order valence-corrected chi connectivity index (χ4v) is 4.90. The molecule has 1 N–H and O–H groups in total. The van der Waals surface area contributed by atoms with E-state index in [0.29, 0.717) is 6.04 Å². The summed E-state index contributed by atoms with van der Waals surface area (Å²) in [6.45, 7) is 6.70. The molecule has 2 aliphatic heterocycles. The summed E-state index contributed by atoms with van der Waals surface area (Å²) in [6, 6.07) is 7.79. The number of likely N-dealkylation sites (tertiary alicyclic amines) is 1. The number of nitrogens with one attached hydrogen (secondary N) is 1. The van der Waals surface area contributed by atoms with Crippen molar-refractivity contribution >= 4 is 0 Å².